The number of hydrogen-bond donors (Lipinski definition) is 3. The van der Waals surface area contributed by atoms with E-state index in [-0.39, 0.29) is 19.6 Å². The number of carbonyl (C=O) groups is 1. The largest absolute Gasteiger partial charge is 0.472 e. The van der Waals surface area contributed by atoms with Crippen LogP contribution in [-0.4, -0.2) is 48.4 Å². The molecule has 2 unspecified atom stereocenters. The molecule has 0 bridgehead atoms. The fraction of sp³-hybridized carbons (Fsp3) is 0.870. The lowest BCUT2D eigenvalue weighted by molar-refractivity contribution is -0.153. The zero-order chi connectivity index (χ0) is 23.9. The predicted molar refractivity (Wildman–Crippen MR) is 127 cm³/mol. The molecule has 190 valence electrons. The highest BCUT2D eigenvalue weighted by atomic mass is 31.2. The minimum absolute atomic E-state index is 0.0685. The van der Waals surface area contributed by atoms with Gasteiger partial charge in [0.05, 0.1) is 19.8 Å². The second kappa shape index (κ2) is 22.1. The maximum atomic E-state index is 11.8. The van der Waals surface area contributed by atoms with E-state index in [1.165, 1.54) is 64.2 Å². The van der Waals surface area contributed by atoms with Crippen LogP contribution in [0.25, 0.3) is 0 Å². The van der Waals surface area contributed by atoms with Gasteiger partial charge in [0.25, 0.3) is 0 Å². The lowest BCUT2D eigenvalue weighted by Gasteiger charge is -2.17. The van der Waals surface area contributed by atoms with Crippen LogP contribution in [0.3, 0.4) is 0 Å². The van der Waals surface area contributed by atoms with Gasteiger partial charge in [-0.05, 0) is 19.3 Å². The standard InChI is InChI=1S/C23H46NO7P/c1-2-3-4-5-6-7-8-9-10-11-12-13-14-15-16-17-23(26)31-22(20-25)21-30-32(27,28)29-19-18-24/h14-15,22,25H,2-13,16-21,24H2,1H3,(H,27,28). The number of aliphatic hydroxyl groups excluding tert-OH is 1. The number of phosphoric ester groups is 1. The molecule has 0 aromatic heterocycles. The predicted octanol–water partition coefficient (Wildman–Crippen LogP) is 5.02. The third kappa shape index (κ3) is 21.1. The molecule has 2 atom stereocenters. The van der Waals surface area contributed by atoms with Crippen molar-refractivity contribution in [2.75, 3.05) is 26.4 Å². The van der Waals surface area contributed by atoms with E-state index in [4.69, 9.17) is 15.0 Å². The summed E-state index contributed by atoms with van der Waals surface area (Å²) in [6.45, 7) is 1.23. The molecule has 4 N–H and O–H groups in total. The van der Waals surface area contributed by atoms with Gasteiger partial charge in [-0.2, -0.15) is 0 Å². The molecular formula is C23H46NO7P. The lowest BCUT2D eigenvalue weighted by Crippen LogP contribution is -2.27. The van der Waals surface area contributed by atoms with Gasteiger partial charge < -0.3 is 20.5 Å². The number of nitrogens with two attached hydrogens (primary N) is 1. The molecular weight excluding hydrogens is 433 g/mol. The summed E-state index contributed by atoms with van der Waals surface area (Å²) in [4.78, 5) is 21.2. The molecule has 0 aliphatic rings. The summed E-state index contributed by atoms with van der Waals surface area (Å²) in [5.74, 6) is -0.498. The lowest BCUT2D eigenvalue weighted by atomic mass is 10.1. The molecule has 0 spiro atoms. The Hall–Kier alpha value is -0.760. The van der Waals surface area contributed by atoms with Crippen LogP contribution >= 0.6 is 7.82 Å². The van der Waals surface area contributed by atoms with Gasteiger partial charge in [0.2, 0.25) is 0 Å². The van der Waals surface area contributed by atoms with Gasteiger partial charge in [-0.3, -0.25) is 13.8 Å². The van der Waals surface area contributed by atoms with Crippen LogP contribution in [0.1, 0.15) is 96.8 Å². The van der Waals surface area contributed by atoms with Gasteiger partial charge in [-0.25, -0.2) is 4.57 Å². The monoisotopic (exact) mass is 479 g/mol. The Morgan fingerprint density at radius 2 is 1.50 bits per heavy atom. The van der Waals surface area contributed by atoms with Crippen molar-refractivity contribution in [3.8, 4) is 0 Å². The van der Waals surface area contributed by atoms with Crippen LogP contribution in [0.4, 0.5) is 0 Å². The molecule has 0 saturated carbocycles. The molecule has 8 nitrogen and oxygen atoms in total. The minimum atomic E-state index is -4.27. The summed E-state index contributed by atoms with van der Waals surface area (Å²) < 4.78 is 25.9. The molecule has 0 heterocycles. The van der Waals surface area contributed by atoms with Crippen LogP contribution in [0.15, 0.2) is 12.2 Å². The number of phosphoric acid groups is 1. The number of hydrogen-bond acceptors (Lipinski definition) is 7. The van der Waals surface area contributed by atoms with Crippen molar-refractivity contribution in [1.82, 2.24) is 0 Å². The van der Waals surface area contributed by atoms with Crippen LogP contribution < -0.4 is 5.73 Å². The average Bonchev–Trinajstić information content (AvgIpc) is 2.77. The Kier molecular flexibility index (Phi) is 21.5. The van der Waals surface area contributed by atoms with E-state index in [1.54, 1.807) is 0 Å². The van der Waals surface area contributed by atoms with Crippen molar-refractivity contribution in [3.05, 3.63) is 12.2 Å². The minimum Gasteiger partial charge on any atom is -0.457 e. The topological polar surface area (TPSA) is 128 Å². The van der Waals surface area contributed by atoms with E-state index in [9.17, 15) is 19.4 Å². The molecule has 9 heteroatoms. The van der Waals surface area contributed by atoms with E-state index >= 15 is 0 Å². The first kappa shape index (κ1) is 31.2. The summed E-state index contributed by atoms with van der Waals surface area (Å²) in [6.07, 6.45) is 19.3. The van der Waals surface area contributed by atoms with Crippen molar-refractivity contribution in [2.24, 2.45) is 5.73 Å². The van der Waals surface area contributed by atoms with E-state index in [0.717, 1.165) is 12.8 Å². The number of unbranched alkanes of at least 4 members (excludes halogenated alkanes) is 11. The molecule has 0 radical (unpaired) electrons. The van der Waals surface area contributed by atoms with Gasteiger partial charge in [0.15, 0.2) is 0 Å². The van der Waals surface area contributed by atoms with Crippen molar-refractivity contribution in [1.29, 1.82) is 0 Å². The Labute approximate surface area is 194 Å². The van der Waals surface area contributed by atoms with Crippen LogP contribution in [0.2, 0.25) is 0 Å². The molecule has 0 fully saturated rings. The van der Waals surface area contributed by atoms with Crippen molar-refractivity contribution in [2.45, 2.75) is 103 Å². The van der Waals surface area contributed by atoms with Gasteiger partial charge in [-0.1, -0.05) is 83.3 Å². The summed E-state index contributed by atoms with van der Waals surface area (Å²) in [7, 11) is -4.27. The highest BCUT2D eigenvalue weighted by Gasteiger charge is 2.24. The third-order valence-corrected chi connectivity index (χ3v) is 5.94. The van der Waals surface area contributed by atoms with E-state index in [2.05, 4.69) is 17.5 Å². The van der Waals surface area contributed by atoms with E-state index in [0.29, 0.717) is 6.42 Å². The zero-order valence-corrected chi connectivity index (χ0v) is 20.8. The Morgan fingerprint density at radius 1 is 0.938 bits per heavy atom. The number of rotatable bonds is 23. The molecule has 0 rings (SSSR count). The maximum absolute atomic E-state index is 11.8. The number of aliphatic hydroxyl groups is 1. The molecule has 0 aromatic carbocycles. The fourth-order valence-electron chi connectivity index (χ4n) is 3.11. The quantitative estimate of drug-likeness (QED) is 0.0806. The van der Waals surface area contributed by atoms with E-state index < -0.39 is 33.1 Å². The highest BCUT2D eigenvalue weighted by Crippen LogP contribution is 2.42. The first-order valence-corrected chi connectivity index (χ1v) is 13.7. The third-order valence-electron chi connectivity index (χ3n) is 4.95. The summed E-state index contributed by atoms with van der Waals surface area (Å²) in [5, 5.41) is 9.25. The van der Waals surface area contributed by atoms with Crippen molar-refractivity contribution >= 4 is 13.8 Å². The maximum Gasteiger partial charge on any atom is 0.472 e. The Morgan fingerprint density at radius 3 is 2.06 bits per heavy atom. The number of carbonyl (C=O) groups excluding carboxylic acids is 1. The first-order chi connectivity index (χ1) is 15.4. The molecule has 0 saturated heterocycles. The molecule has 32 heavy (non-hydrogen) atoms. The Bertz CT molecular complexity index is 517. The van der Waals surface area contributed by atoms with Crippen molar-refractivity contribution < 1.29 is 33.1 Å². The summed E-state index contributed by atoms with van der Waals surface area (Å²) in [5.41, 5.74) is 5.19. The number of ether oxygens (including phenoxy) is 1. The van der Waals surface area contributed by atoms with Gasteiger partial charge in [0, 0.05) is 13.0 Å². The zero-order valence-electron chi connectivity index (χ0n) is 19.9. The van der Waals surface area contributed by atoms with Gasteiger partial charge >= 0.3 is 13.8 Å². The van der Waals surface area contributed by atoms with Gasteiger partial charge in [0.1, 0.15) is 6.10 Å². The molecule has 0 aliphatic heterocycles. The Balaban J connectivity index is 3.66. The summed E-state index contributed by atoms with van der Waals surface area (Å²) >= 11 is 0. The number of allylic oxidation sites excluding steroid dienone is 2. The molecule has 0 amide bonds. The van der Waals surface area contributed by atoms with Crippen LogP contribution in [0, 0.1) is 0 Å². The van der Waals surface area contributed by atoms with Crippen LogP contribution in [-0.2, 0) is 23.1 Å². The SMILES string of the molecule is CCCCCCCCCCCCCC=CCCC(=O)OC(CO)COP(=O)(O)OCCN. The number of esters is 1. The van der Waals surface area contributed by atoms with E-state index in [1.807, 2.05) is 6.08 Å². The smallest absolute Gasteiger partial charge is 0.457 e. The second-order valence-electron chi connectivity index (χ2n) is 8.01. The van der Waals surface area contributed by atoms with Gasteiger partial charge in [-0.15, -0.1) is 0 Å². The normalized spacial score (nSPS) is 14.5. The van der Waals surface area contributed by atoms with Crippen LogP contribution in [0.5, 0.6) is 0 Å². The average molecular weight is 480 g/mol. The second-order valence-corrected chi connectivity index (χ2v) is 9.47. The molecule has 0 aromatic rings. The fourth-order valence-corrected chi connectivity index (χ4v) is 3.88. The summed E-state index contributed by atoms with van der Waals surface area (Å²) in [6, 6.07) is 0. The highest BCUT2D eigenvalue weighted by molar-refractivity contribution is 7.47. The van der Waals surface area contributed by atoms with Crippen molar-refractivity contribution in [3.63, 3.8) is 0 Å². The molecule has 0 aliphatic carbocycles. The first-order valence-electron chi connectivity index (χ1n) is 12.2.